The summed E-state index contributed by atoms with van der Waals surface area (Å²) in [7, 11) is 0. The number of carbonyl (C=O) groups is 3. The number of phenols is 1. The maximum Gasteiger partial charge on any atom is 0.285 e. The number of aryl methyl sites for hydroxylation is 1. The van der Waals surface area contributed by atoms with Crippen molar-refractivity contribution in [2.45, 2.75) is 69.3 Å². The minimum atomic E-state index is -3.53. The molecule has 1 aliphatic carbocycles. The van der Waals surface area contributed by atoms with E-state index < -0.39 is 60.5 Å². The molecule has 1 heterocycles. The Labute approximate surface area is 261 Å². The molecule has 1 saturated heterocycles. The third-order valence-electron chi connectivity index (χ3n) is 9.00. The van der Waals surface area contributed by atoms with Crippen LogP contribution >= 0.6 is 0 Å². The number of hydrogen-bond donors (Lipinski definition) is 3. The van der Waals surface area contributed by atoms with Gasteiger partial charge in [-0.15, -0.1) is 6.58 Å². The van der Waals surface area contributed by atoms with Crippen LogP contribution < -0.4 is 5.32 Å². The molecule has 0 saturated carbocycles. The van der Waals surface area contributed by atoms with Crippen molar-refractivity contribution in [3.8, 4) is 5.75 Å². The number of hydrogen-bond acceptors (Lipinski definition) is 5. The Kier molecular flexibility index (Phi) is 9.06. The van der Waals surface area contributed by atoms with Crippen molar-refractivity contribution in [3.05, 3.63) is 113 Å². The second-order valence-electron chi connectivity index (χ2n) is 11.7. The van der Waals surface area contributed by atoms with Crippen LogP contribution in [0.3, 0.4) is 0 Å². The fourth-order valence-electron chi connectivity index (χ4n) is 6.40. The van der Waals surface area contributed by atoms with E-state index in [0.717, 1.165) is 17.2 Å². The van der Waals surface area contributed by atoms with Crippen LogP contribution in [-0.4, -0.2) is 74.4 Å². The van der Waals surface area contributed by atoms with Gasteiger partial charge in [-0.3, -0.25) is 14.4 Å². The molecule has 0 bridgehead atoms. The molecule has 3 N–H and O–H groups in total. The van der Waals surface area contributed by atoms with Gasteiger partial charge in [0.2, 0.25) is 5.91 Å². The summed E-state index contributed by atoms with van der Waals surface area (Å²) in [6.45, 7) is 5.40. The van der Waals surface area contributed by atoms with Gasteiger partial charge in [0.25, 0.3) is 17.7 Å². The molecule has 5 atom stereocenters. The molecular weight excluding hydrogens is 580 g/mol. The first-order chi connectivity index (χ1) is 21.4. The second-order valence-corrected chi connectivity index (χ2v) is 11.7. The van der Waals surface area contributed by atoms with Crippen LogP contribution in [0.1, 0.15) is 52.0 Å². The maximum absolute atomic E-state index is 16.0. The Morgan fingerprint density at radius 3 is 2.49 bits per heavy atom. The lowest BCUT2D eigenvalue weighted by Crippen LogP contribution is -2.57. The van der Waals surface area contributed by atoms with E-state index in [2.05, 4.69) is 11.9 Å². The van der Waals surface area contributed by atoms with Crippen LogP contribution in [0.2, 0.25) is 0 Å². The molecule has 1 aliphatic heterocycles. The Balaban J connectivity index is 1.47. The summed E-state index contributed by atoms with van der Waals surface area (Å²) in [5.74, 6) is -6.16. The van der Waals surface area contributed by atoms with Crippen molar-refractivity contribution < 1.29 is 33.4 Å². The summed E-state index contributed by atoms with van der Waals surface area (Å²) in [5, 5.41) is 24.3. The number of aliphatic hydroxyl groups is 1. The number of nitrogens with one attached hydrogen (secondary N) is 1. The fourth-order valence-corrected chi connectivity index (χ4v) is 6.40. The third kappa shape index (κ3) is 6.20. The molecule has 10 heteroatoms. The molecule has 236 valence electrons. The van der Waals surface area contributed by atoms with Crippen LogP contribution in [0.25, 0.3) is 0 Å². The molecule has 3 amide bonds. The number of aliphatic hydroxyl groups excluding tert-OH is 1. The lowest BCUT2D eigenvalue weighted by molar-refractivity contribution is -0.150. The first-order valence-corrected chi connectivity index (χ1v) is 15.0. The monoisotopic (exact) mass is 617 g/mol. The second kappa shape index (κ2) is 12.8. The quantitative estimate of drug-likeness (QED) is 0.326. The van der Waals surface area contributed by atoms with Gasteiger partial charge in [0, 0.05) is 11.1 Å². The van der Waals surface area contributed by atoms with Crippen LogP contribution in [-0.2, 0) is 22.4 Å². The van der Waals surface area contributed by atoms with E-state index in [9.17, 15) is 24.6 Å². The zero-order valence-corrected chi connectivity index (χ0v) is 25.2. The highest BCUT2D eigenvalue weighted by molar-refractivity contribution is 5.97. The minimum absolute atomic E-state index is 0.0182. The van der Waals surface area contributed by atoms with Gasteiger partial charge in [0.1, 0.15) is 11.8 Å². The van der Waals surface area contributed by atoms with Crippen molar-refractivity contribution in [2.75, 3.05) is 6.54 Å². The van der Waals surface area contributed by atoms with Crippen molar-refractivity contribution in [1.29, 1.82) is 0 Å². The average Bonchev–Trinajstić information content (AvgIpc) is 3.42. The van der Waals surface area contributed by atoms with Crippen LogP contribution in [0.5, 0.6) is 5.75 Å². The molecule has 0 aromatic heterocycles. The average molecular weight is 618 g/mol. The number of fused-ring (bicyclic) bond motifs is 1. The van der Waals surface area contributed by atoms with Gasteiger partial charge in [0.05, 0.1) is 24.7 Å². The number of phenolic OH excluding ortho intramolecular Hbond substituents is 1. The van der Waals surface area contributed by atoms with Crippen molar-refractivity contribution >= 4 is 17.7 Å². The summed E-state index contributed by atoms with van der Waals surface area (Å²) in [4.78, 5) is 43.2. The van der Waals surface area contributed by atoms with Crippen LogP contribution in [0, 0.1) is 6.92 Å². The van der Waals surface area contributed by atoms with E-state index in [1.807, 2.05) is 18.2 Å². The van der Waals surface area contributed by atoms with E-state index in [-0.39, 0.29) is 17.7 Å². The number of nitrogens with zero attached hydrogens (tertiary/aromatic N) is 2. The van der Waals surface area contributed by atoms with Gasteiger partial charge in [-0.25, -0.2) is 8.78 Å². The standard InChI is InChI=1S/C35H37F2N3O5/c1-4-28-33(44)40(29-18-17-24-13-8-9-14-26(24)29)22(3)35(36,37)20-39(28)34(45)31(42)27(19-23-11-6-5-7-12-23)38-32(43)25-15-10-16-30(41)21(25)2/h4-16,22,27-29,31,41-42H,1,17-20H2,2-3H3,(H,38,43)/t22?,27-,28-,29-,31-/m0/s1. The van der Waals surface area contributed by atoms with E-state index in [0.29, 0.717) is 28.9 Å². The first-order valence-electron chi connectivity index (χ1n) is 15.0. The molecule has 8 nitrogen and oxygen atoms in total. The first kappa shape index (κ1) is 31.8. The van der Waals surface area contributed by atoms with Crippen molar-refractivity contribution in [3.63, 3.8) is 0 Å². The van der Waals surface area contributed by atoms with Crippen LogP contribution in [0.4, 0.5) is 8.78 Å². The lowest BCUT2D eigenvalue weighted by Gasteiger charge is -2.37. The van der Waals surface area contributed by atoms with Gasteiger partial charge in [0.15, 0.2) is 6.10 Å². The Morgan fingerprint density at radius 2 is 1.78 bits per heavy atom. The van der Waals surface area contributed by atoms with Gasteiger partial charge in [-0.05, 0) is 61.9 Å². The highest BCUT2D eigenvalue weighted by Crippen LogP contribution is 2.42. The predicted molar refractivity (Wildman–Crippen MR) is 165 cm³/mol. The minimum Gasteiger partial charge on any atom is -0.508 e. The highest BCUT2D eigenvalue weighted by atomic mass is 19.3. The zero-order valence-electron chi connectivity index (χ0n) is 25.2. The largest absolute Gasteiger partial charge is 0.508 e. The van der Waals surface area contributed by atoms with Crippen LogP contribution in [0.15, 0.2) is 85.5 Å². The summed E-state index contributed by atoms with van der Waals surface area (Å²) in [6, 6.07) is 15.7. The Bertz CT molecular complexity index is 1600. The van der Waals surface area contributed by atoms with Gasteiger partial charge < -0.3 is 25.3 Å². The number of benzene rings is 3. The topological polar surface area (TPSA) is 110 Å². The molecule has 1 fully saturated rings. The smallest absolute Gasteiger partial charge is 0.285 e. The summed E-state index contributed by atoms with van der Waals surface area (Å²) in [6.07, 6.45) is 0.228. The molecule has 3 aromatic carbocycles. The van der Waals surface area contributed by atoms with E-state index in [4.69, 9.17) is 0 Å². The molecule has 5 rings (SSSR count). The van der Waals surface area contributed by atoms with E-state index >= 15 is 8.78 Å². The van der Waals surface area contributed by atoms with E-state index in [1.54, 1.807) is 43.3 Å². The predicted octanol–water partition coefficient (Wildman–Crippen LogP) is 4.34. The van der Waals surface area contributed by atoms with Gasteiger partial charge in [-0.2, -0.15) is 0 Å². The number of amides is 3. The molecule has 0 radical (unpaired) electrons. The number of carbonyl (C=O) groups excluding carboxylic acids is 3. The van der Waals surface area contributed by atoms with Gasteiger partial charge >= 0.3 is 0 Å². The third-order valence-corrected chi connectivity index (χ3v) is 9.00. The number of rotatable bonds is 8. The van der Waals surface area contributed by atoms with Crippen molar-refractivity contribution in [1.82, 2.24) is 15.1 Å². The van der Waals surface area contributed by atoms with E-state index in [1.165, 1.54) is 30.0 Å². The number of alkyl halides is 2. The zero-order chi connectivity index (χ0) is 32.5. The molecule has 0 spiro atoms. The number of halogens is 2. The molecule has 2 aliphatic rings. The molecule has 45 heavy (non-hydrogen) atoms. The highest BCUT2D eigenvalue weighted by Gasteiger charge is 2.54. The Hall–Kier alpha value is -4.57. The molecule has 1 unspecified atom stereocenters. The number of aromatic hydroxyl groups is 1. The molecule has 3 aromatic rings. The SMILES string of the molecule is C=C[C@H]1C(=O)N([C@H]2CCc3ccccc32)C(C)C(F)(F)CN1C(=O)[C@@H](O)[C@H](Cc1ccccc1)NC(=O)c1cccc(O)c1C. The maximum atomic E-state index is 16.0. The summed E-state index contributed by atoms with van der Waals surface area (Å²) < 4.78 is 31.9. The van der Waals surface area contributed by atoms with Crippen molar-refractivity contribution in [2.24, 2.45) is 0 Å². The lowest BCUT2D eigenvalue weighted by atomic mass is 9.98. The summed E-state index contributed by atoms with van der Waals surface area (Å²) >= 11 is 0. The normalized spacial score (nSPS) is 22.2. The molecular formula is C35H37F2N3O5. The summed E-state index contributed by atoms with van der Waals surface area (Å²) in [5.41, 5.74) is 2.86. The van der Waals surface area contributed by atoms with Gasteiger partial charge in [-0.1, -0.05) is 66.7 Å². The fraction of sp³-hybridized carbons (Fsp3) is 0.343. The Morgan fingerprint density at radius 1 is 1.09 bits per heavy atom.